The molecule has 0 aliphatic heterocycles. The van der Waals surface area contributed by atoms with Gasteiger partial charge in [-0.1, -0.05) is 24.3 Å². The van der Waals surface area contributed by atoms with Gasteiger partial charge in [-0.2, -0.15) is 0 Å². The molecule has 0 aliphatic rings. The summed E-state index contributed by atoms with van der Waals surface area (Å²) >= 11 is 0. The second kappa shape index (κ2) is 7.62. The monoisotopic (exact) mass is 290 g/mol. The molecule has 0 amide bonds. The first-order chi connectivity index (χ1) is 9.90. The highest BCUT2D eigenvalue weighted by Gasteiger charge is 2.25. The Labute approximate surface area is 125 Å². The Balaban J connectivity index is 2.77. The van der Waals surface area contributed by atoms with E-state index in [-0.39, 0.29) is 11.9 Å². The number of rotatable bonds is 6. The lowest BCUT2D eigenvalue weighted by Gasteiger charge is -2.17. The first-order valence-corrected chi connectivity index (χ1v) is 7.04. The van der Waals surface area contributed by atoms with Crippen LogP contribution in [0.25, 0.3) is 6.08 Å². The third-order valence-electron chi connectivity index (χ3n) is 2.92. The second-order valence-corrected chi connectivity index (χ2v) is 5.12. The number of benzene rings is 1. The molecule has 0 fully saturated rings. The third kappa shape index (κ3) is 5.06. The summed E-state index contributed by atoms with van der Waals surface area (Å²) in [6.07, 6.45) is 3.64. The van der Waals surface area contributed by atoms with Crippen molar-refractivity contribution in [2.75, 3.05) is 13.2 Å². The van der Waals surface area contributed by atoms with E-state index < -0.39 is 5.41 Å². The Morgan fingerprint density at radius 2 is 1.62 bits per heavy atom. The normalized spacial score (nSPS) is 11.4. The lowest BCUT2D eigenvalue weighted by molar-refractivity contribution is -0.150. The average molecular weight is 290 g/mol. The Kier molecular flexibility index (Phi) is 6.15. The topological polar surface area (TPSA) is 52.6 Å². The fourth-order valence-corrected chi connectivity index (χ4v) is 1.63. The van der Waals surface area contributed by atoms with Crippen LogP contribution in [0.5, 0.6) is 0 Å². The van der Waals surface area contributed by atoms with Gasteiger partial charge >= 0.3 is 11.9 Å². The van der Waals surface area contributed by atoms with Gasteiger partial charge in [-0.05, 0) is 45.4 Å². The predicted octanol–water partition coefficient (Wildman–Crippen LogP) is 3.47. The summed E-state index contributed by atoms with van der Waals surface area (Å²) in [5.41, 5.74) is 0.731. The highest BCUT2D eigenvalue weighted by molar-refractivity contribution is 5.89. The summed E-state index contributed by atoms with van der Waals surface area (Å²) < 4.78 is 9.94. The van der Waals surface area contributed by atoms with Crippen LogP contribution >= 0.6 is 0 Å². The predicted molar refractivity (Wildman–Crippen MR) is 81.8 cm³/mol. The van der Waals surface area contributed by atoms with E-state index in [0.717, 1.165) is 5.56 Å². The molecule has 0 spiro atoms. The van der Waals surface area contributed by atoms with Crippen molar-refractivity contribution in [3.8, 4) is 0 Å². The molecule has 1 aromatic rings. The van der Waals surface area contributed by atoms with Crippen LogP contribution in [0.4, 0.5) is 0 Å². The second-order valence-electron chi connectivity index (χ2n) is 5.12. The number of ether oxygens (including phenoxy) is 2. The van der Waals surface area contributed by atoms with Crippen molar-refractivity contribution in [1.82, 2.24) is 0 Å². The molecule has 4 heteroatoms. The van der Waals surface area contributed by atoms with Gasteiger partial charge in [0, 0.05) is 0 Å². The van der Waals surface area contributed by atoms with Crippen molar-refractivity contribution in [3.05, 3.63) is 41.5 Å². The summed E-state index contributed by atoms with van der Waals surface area (Å²) in [4.78, 5) is 23.3. The molecule has 4 nitrogen and oxygen atoms in total. The number of carbonyl (C=O) groups excluding carboxylic acids is 2. The van der Waals surface area contributed by atoms with Crippen LogP contribution in [0.15, 0.2) is 30.3 Å². The molecule has 0 unspecified atom stereocenters. The zero-order valence-corrected chi connectivity index (χ0v) is 13.0. The Hall–Kier alpha value is -2.10. The molecule has 0 N–H and O–H groups in total. The fourth-order valence-electron chi connectivity index (χ4n) is 1.63. The highest BCUT2D eigenvalue weighted by Crippen LogP contribution is 2.21. The van der Waals surface area contributed by atoms with Crippen LogP contribution in [-0.4, -0.2) is 25.2 Å². The van der Waals surface area contributed by atoms with Gasteiger partial charge in [-0.25, -0.2) is 4.79 Å². The van der Waals surface area contributed by atoms with Crippen LogP contribution in [0.2, 0.25) is 0 Å². The van der Waals surface area contributed by atoms with Gasteiger partial charge in [-0.15, -0.1) is 0 Å². The molecule has 0 saturated carbocycles. The van der Waals surface area contributed by atoms with Crippen LogP contribution in [0.1, 0.15) is 43.6 Å². The molecule has 0 radical (unpaired) electrons. The summed E-state index contributed by atoms with van der Waals surface area (Å²) in [6.45, 7) is 7.87. The van der Waals surface area contributed by atoms with Gasteiger partial charge in [0.2, 0.25) is 0 Å². The molecule has 0 atom stereocenters. The Morgan fingerprint density at radius 3 is 2.14 bits per heavy atom. The summed E-state index contributed by atoms with van der Waals surface area (Å²) in [6, 6.07) is 7.03. The molecule has 114 valence electrons. The van der Waals surface area contributed by atoms with Gasteiger partial charge in [0.1, 0.15) is 0 Å². The molecular formula is C17H22O4. The maximum absolute atomic E-state index is 11.8. The molecule has 0 bridgehead atoms. The summed E-state index contributed by atoms with van der Waals surface area (Å²) in [7, 11) is 0. The zero-order valence-electron chi connectivity index (χ0n) is 13.0. The van der Waals surface area contributed by atoms with E-state index in [4.69, 9.17) is 9.47 Å². The highest BCUT2D eigenvalue weighted by atomic mass is 16.5. The lowest BCUT2D eigenvalue weighted by atomic mass is 9.92. The first-order valence-electron chi connectivity index (χ1n) is 7.04. The van der Waals surface area contributed by atoms with Crippen molar-refractivity contribution in [3.63, 3.8) is 0 Å². The van der Waals surface area contributed by atoms with Gasteiger partial charge in [-0.3, -0.25) is 4.79 Å². The van der Waals surface area contributed by atoms with Crippen molar-refractivity contribution in [1.29, 1.82) is 0 Å². The SMILES string of the molecule is CCOC(=O)c1ccc(/C=C/C(C)(C)C(=O)OCC)cc1. The third-order valence-corrected chi connectivity index (χ3v) is 2.92. The minimum Gasteiger partial charge on any atom is -0.465 e. The number of hydrogen-bond acceptors (Lipinski definition) is 4. The minimum atomic E-state index is -0.685. The van der Waals surface area contributed by atoms with Crippen molar-refractivity contribution >= 4 is 18.0 Å². The molecule has 1 rings (SSSR count). The van der Waals surface area contributed by atoms with Crippen molar-refractivity contribution in [2.24, 2.45) is 5.41 Å². The van der Waals surface area contributed by atoms with Gasteiger partial charge < -0.3 is 9.47 Å². The Morgan fingerprint density at radius 1 is 1.05 bits per heavy atom. The molecular weight excluding hydrogens is 268 g/mol. The molecule has 1 aromatic carbocycles. The molecule has 0 aromatic heterocycles. The average Bonchev–Trinajstić information content (AvgIpc) is 2.46. The van der Waals surface area contributed by atoms with E-state index in [9.17, 15) is 9.59 Å². The van der Waals surface area contributed by atoms with E-state index in [1.807, 2.05) is 18.2 Å². The van der Waals surface area contributed by atoms with Crippen LogP contribution in [0.3, 0.4) is 0 Å². The maximum atomic E-state index is 11.8. The van der Waals surface area contributed by atoms with E-state index in [2.05, 4.69) is 0 Å². The Bertz CT molecular complexity index is 512. The summed E-state index contributed by atoms with van der Waals surface area (Å²) in [5, 5.41) is 0. The summed E-state index contributed by atoms with van der Waals surface area (Å²) in [5.74, 6) is -0.593. The van der Waals surface area contributed by atoms with E-state index in [0.29, 0.717) is 18.8 Å². The van der Waals surface area contributed by atoms with Crippen LogP contribution in [0, 0.1) is 5.41 Å². The molecule has 0 saturated heterocycles. The van der Waals surface area contributed by atoms with E-state index >= 15 is 0 Å². The van der Waals surface area contributed by atoms with Gasteiger partial charge in [0.15, 0.2) is 0 Å². The van der Waals surface area contributed by atoms with Gasteiger partial charge in [0.25, 0.3) is 0 Å². The number of carbonyl (C=O) groups is 2. The van der Waals surface area contributed by atoms with E-state index in [1.165, 1.54) is 0 Å². The zero-order chi connectivity index (χ0) is 15.9. The molecule has 0 heterocycles. The quantitative estimate of drug-likeness (QED) is 0.753. The first kappa shape index (κ1) is 17.0. The number of esters is 2. The van der Waals surface area contributed by atoms with Crippen molar-refractivity contribution in [2.45, 2.75) is 27.7 Å². The largest absolute Gasteiger partial charge is 0.465 e. The smallest absolute Gasteiger partial charge is 0.338 e. The molecule has 21 heavy (non-hydrogen) atoms. The van der Waals surface area contributed by atoms with E-state index in [1.54, 1.807) is 45.9 Å². The van der Waals surface area contributed by atoms with Gasteiger partial charge in [0.05, 0.1) is 24.2 Å². The van der Waals surface area contributed by atoms with Crippen LogP contribution < -0.4 is 0 Å². The maximum Gasteiger partial charge on any atom is 0.338 e. The minimum absolute atomic E-state index is 0.260. The standard InChI is InChI=1S/C17H22O4/c1-5-20-15(18)14-9-7-13(8-10-14)11-12-17(3,4)16(19)21-6-2/h7-12H,5-6H2,1-4H3/b12-11+. The molecule has 0 aliphatic carbocycles. The van der Waals surface area contributed by atoms with Crippen LogP contribution in [-0.2, 0) is 14.3 Å². The van der Waals surface area contributed by atoms with Crippen molar-refractivity contribution < 1.29 is 19.1 Å². The number of hydrogen-bond donors (Lipinski definition) is 0. The lowest BCUT2D eigenvalue weighted by Crippen LogP contribution is -2.24. The fraction of sp³-hybridized carbons (Fsp3) is 0.412.